The Morgan fingerprint density at radius 2 is 1.88 bits per heavy atom. The Hall–Kier alpha value is -0.410. The molecule has 1 heterocycles. The Morgan fingerprint density at radius 3 is 2.50 bits per heavy atom. The number of hydrogen-bond donors (Lipinski definition) is 2. The van der Waals surface area contributed by atoms with E-state index in [0.29, 0.717) is 0 Å². The molecule has 0 atom stereocenters. The van der Waals surface area contributed by atoms with Crippen LogP contribution in [0.25, 0.3) is 0 Å². The fourth-order valence-electron chi connectivity index (χ4n) is 2.16. The standard InChI is InChI=1S/C17H32N4OS.HI/c1-5-7-12-22-13-8-10-19-17(18-4)20-11-9-16-21-15(6-2)14(3)23-16;/h5-13H2,1-4H3,(H2,18,19,20);1H. The molecular weight excluding hydrogens is 435 g/mol. The van der Waals surface area contributed by atoms with Crippen LogP contribution in [0.5, 0.6) is 0 Å². The van der Waals surface area contributed by atoms with Crippen LogP contribution >= 0.6 is 35.3 Å². The predicted molar refractivity (Wildman–Crippen MR) is 115 cm³/mol. The number of halogens is 1. The lowest BCUT2D eigenvalue weighted by atomic mass is 10.3. The normalized spacial score (nSPS) is 11.2. The van der Waals surface area contributed by atoms with Crippen LogP contribution < -0.4 is 10.6 Å². The van der Waals surface area contributed by atoms with Crippen molar-refractivity contribution in [1.29, 1.82) is 0 Å². The smallest absolute Gasteiger partial charge is 0.190 e. The summed E-state index contributed by atoms with van der Waals surface area (Å²) >= 11 is 1.80. The summed E-state index contributed by atoms with van der Waals surface area (Å²) in [6.07, 6.45) is 5.28. The van der Waals surface area contributed by atoms with Crippen molar-refractivity contribution in [3.05, 3.63) is 15.6 Å². The molecule has 5 nitrogen and oxygen atoms in total. The maximum atomic E-state index is 5.55. The van der Waals surface area contributed by atoms with Gasteiger partial charge in [0.15, 0.2) is 5.96 Å². The van der Waals surface area contributed by atoms with Crippen molar-refractivity contribution < 1.29 is 4.74 Å². The van der Waals surface area contributed by atoms with Crippen molar-refractivity contribution >= 4 is 41.3 Å². The van der Waals surface area contributed by atoms with E-state index < -0.39 is 0 Å². The minimum Gasteiger partial charge on any atom is -0.381 e. The van der Waals surface area contributed by atoms with Gasteiger partial charge in [-0.1, -0.05) is 20.3 Å². The molecule has 0 aliphatic rings. The summed E-state index contributed by atoms with van der Waals surface area (Å²) < 4.78 is 5.55. The van der Waals surface area contributed by atoms with Crippen LogP contribution in [-0.4, -0.2) is 44.3 Å². The second-order valence-electron chi connectivity index (χ2n) is 5.46. The first-order valence-corrected chi connectivity index (χ1v) is 9.50. The van der Waals surface area contributed by atoms with Gasteiger partial charge in [0.05, 0.1) is 10.7 Å². The fraction of sp³-hybridized carbons (Fsp3) is 0.765. The molecule has 7 heteroatoms. The molecule has 0 fully saturated rings. The number of aryl methyl sites for hydroxylation is 2. The quantitative estimate of drug-likeness (QED) is 0.226. The molecule has 0 spiro atoms. The maximum Gasteiger partial charge on any atom is 0.190 e. The molecule has 1 aromatic rings. The van der Waals surface area contributed by atoms with E-state index in [1.54, 1.807) is 18.4 Å². The van der Waals surface area contributed by atoms with Crippen LogP contribution in [0, 0.1) is 6.92 Å². The predicted octanol–water partition coefficient (Wildman–Crippen LogP) is 3.55. The van der Waals surface area contributed by atoms with Gasteiger partial charge in [0, 0.05) is 44.6 Å². The minimum absolute atomic E-state index is 0. The summed E-state index contributed by atoms with van der Waals surface area (Å²) in [5.74, 6) is 0.850. The first kappa shape index (κ1) is 23.6. The summed E-state index contributed by atoms with van der Waals surface area (Å²) in [7, 11) is 1.80. The van der Waals surface area contributed by atoms with Crippen LogP contribution in [-0.2, 0) is 17.6 Å². The molecule has 0 saturated carbocycles. The third-order valence-electron chi connectivity index (χ3n) is 3.53. The summed E-state index contributed by atoms with van der Waals surface area (Å²) in [6.45, 7) is 9.89. The average molecular weight is 468 g/mol. The molecule has 0 aliphatic carbocycles. The molecule has 1 aromatic heterocycles. The largest absolute Gasteiger partial charge is 0.381 e. The highest BCUT2D eigenvalue weighted by Crippen LogP contribution is 2.17. The number of thiazole rings is 1. The van der Waals surface area contributed by atoms with Gasteiger partial charge in [-0.3, -0.25) is 4.99 Å². The molecule has 0 radical (unpaired) electrons. The lowest BCUT2D eigenvalue weighted by molar-refractivity contribution is 0.129. The van der Waals surface area contributed by atoms with Crippen LogP contribution in [0.2, 0.25) is 0 Å². The van der Waals surface area contributed by atoms with E-state index >= 15 is 0 Å². The highest BCUT2D eigenvalue weighted by Gasteiger charge is 2.05. The lowest BCUT2D eigenvalue weighted by Crippen LogP contribution is -2.39. The number of aliphatic imine (C=N–C) groups is 1. The third-order valence-corrected chi connectivity index (χ3v) is 4.60. The first-order valence-electron chi connectivity index (χ1n) is 8.68. The van der Waals surface area contributed by atoms with Crippen LogP contribution in [0.3, 0.4) is 0 Å². The van der Waals surface area contributed by atoms with Gasteiger partial charge in [0.1, 0.15) is 0 Å². The molecule has 1 rings (SSSR count). The number of hydrogen-bond acceptors (Lipinski definition) is 4. The second kappa shape index (κ2) is 14.9. The van der Waals surface area contributed by atoms with Crippen molar-refractivity contribution in [2.75, 3.05) is 33.4 Å². The zero-order chi connectivity index (χ0) is 16.9. The van der Waals surface area contributed by atoms with Crippen molar-refractivity contribution in [1.82, 2.24) is 15.6 Å². The molecular formula is C17H33IN4OS. The number of rotatable bonds is 11. The van der Waals surface area contributed by atoms with E-state index in [1.165, 1.54) is 22.0 Å². The Morgan fingerprint density at radius 1 is 1.17 bits per heavy atom. The summed E-state index contributed by atoms with van der Waals surface area (Å²) in [5, 5.41) is 7.86. The Kier molecular flexibility index (Phi) is 14.6. The minimum atomic E-state index is 0. The molecule has 0 unspecified atom stereocenters. The number of ether oxygens (including phenoxy) is 1. The van der Waals surface area contributed by atoms with E-state index in [0.717, 1.165) is 57.9 Å². The van der Waals surface area contributed by atoms with Gasteiger partial charge in [-0.25, -0.2) is 4.98 Å². The highest BCUT2D eigenvalue weighted by atomic mass is 127. The van der Waals surface area contributed by atoms with Crippen LogP contribution in [0.4, 0.5) is 0 Å². The van der Waals surface area contributed by atoms with E-state index in [-0.39, 0.29) is 24.0 Å². The van der Waals surface area contributed by atoms with Crippen LogP contribution in [0.1, 0.15) is 48.7 Å². The van der Waals surface area contributed by atoms with Gasteiger partial charge < -0.3 is 15.4 Å². The van der Waals surface area contributed by atoms with Crippen LogP contribution in [0.15, 0.2) is 4.99 Å². The zero-order valence-corrected chi connectivity index (χ0v) is 18.6. The molecule has 2 N–H and O–H groups in total. The van der Waals surface area contributed by atoms with Crippen molar-refractivity contribution in [3.8, 4) is 0 Å². The first-order chi connectivity index (χ1) is 11.2. The van der Waals surface area contributed by atoms with E-state index in [1.807, 2.05) is 0 Å². The Balaban J connectivity index is 0.00000529. The maximum absolute atomic E-state index is 5.55. The van der Waals surface area contributed by atoms with Gasteiger partial charge in [0.25, 0.3) is 0 Å². The zero-order valence-electron chi connectivity index (χ0n) is 15.5. The van der Waals surface area contributed by atoms with E-state index in [4.69, 9.17) is 4.74 Å². The third kappa shape index (κ3) is 9.78. The molecule has 0 saturated heterocycles. The van der Waals surface area contributed by atoms with Crippen molar-refractivity contribution in [3.63, 3.8) is 0 Å². The number of guanidine groups is 1. The summed E-state index contributed by atoms with van der Waals surface area (Å²) in [4.78, 5) is 10.2. The number of aromatic nitrogens is 1. The molecule has 0 amide bonds. The van der Waals surface area contributed by atoms with Gasteiger partial charge in [0.2, 0.25) is 0 Å². The topological polar surface area (TPSA) is 58.5 Å². The number of unbranched alkanes of at least 4 members (excludes halogenated alkanes) is 1. The summed E-state index contributed by atoms with van der Waals surface area (Å²) in [5.41, 5.74) is 1.23. The molecule has 0 aliphatic heterocycles. The monoisotopic (exact) mass is 468 g/mol. The molecule has 140 valence electrons. The second-order valence-corrected chi connectivity index (χ2v) is 6.75. The highest BCUT2D eigenvalue weighted by molar-refractivity contribution is 14.0. The fourth-order valence-corrected chi connectivity index (χ4v) is 3.18. The average Bonchev–Trinajstić information content (AvgIpc) is 2.92. The Bertz CT molecular complexity index is 465. The van der Waals surface area contributed by atoms with Gasteiger partial charge in [-0.15, -0.1) is 35.3 Å². The number of nitrogens with zero attached hydrogens (tertiary/aromatic N) is 2. The SMILES string of the molecule is CCCCOCCCNC(=NC)NCCc1nc(CC)c(C)s1.I. The van der Waals surface area contributed by atoms with Crippen molar-refractivity contribution in [2.24, 2.45) is 4.99 Å². The number of nitrogens with one attached hydrogen (secondary N) is 2. The molecule has 24 heavy (non-hydrogen) atoms. The Labute approximate surface area is 168 Å². The lowest BCUT2D eigenvalue weighted by Gasteiger charge is -2.11. The molecule has 0 aromatic carbocycles. The van der Waals surface area contributed by atoms with Gasteiger partial charge in [-0.05, 0) is 26.2 Å². The van der Waals surface area contributed by atoms with Gasteiger partial charge >= 0.3 is 0 Å². The van der Waals surface area contributed by atoms with E-state index in [9.17, 15) is 0 Å². The van der Waals surface area contributed by atoms with Gasteiger partial charge in [-0.2, -0.15) is 0 Å². The van der Waals surface area contributed by atoms with Crippen molar-refractivity contribution in [2.45, 2.75) is 52.9 Å². The molecule has 0 bridgehead atoms. The van der Waals surface area contributed by atoms with E-state index in [2.05, 4.69) is 41.4 Å². The summed E-state index contributed by atoms with van der Waals surface area (Å²) in [6, 6.07) is 0.